The Kier molecular flexibility index (Phi) is 19.5. The van der Waals surface area contributed by atoms with E-state index in [0.29, 0.717) is 42.6 Å². The van der Waals surface area contributed by atoms with Crippen LogP contribution in [-0.4, -0.2) is 126 Å². The maximum absolute atomic E-state index is 14.0. The van der Waals surface area contributed by atoms with E-state index >= 15 is 0 Å². The Morgan fingerprint density at radius 3 is 2.16 bits per heavy atom. The Hall–Kier alpha value is -7.72. The highest BCUT2D eigenvalue weighted by Crippen LogP contribution is 2.47. The van der Waals surface area contributed by atoms with E-state index in [1.54, 1.807) is 102 Å². The molecule has 79 heavy (non-hydrogen) atoms. The number of hydrogen-bond acceptors (Lipinski definition) is 16. The second kappa shape index (κ2) is 26.8. The number of benzene rings is 5. The van der Waals surface area contributed by atoms with Gasteiger partial charge < -0.3 is 54.5 Å². The normalized spacial score (nSPS) is 15.2. The van der Waals surface area contributed by atoms with Crippen LogP contribution < -0.4 is 25.5 Å². The van der Waals surface area contributed by atoms with Crippen molar-refractivity contribution in [2.24, 2.45) is 10.5 Å². The highest BCUT2D eigenvalue weighted by atomic mass is 32.1. The molecule has 414 valence electrons. The maximum atomic E-state index is 14.0. The van der Waals surface area contributed by atoms with Crippen molar-refractivity contribution in [3.63, 3.8) is 0 Å². The van der Waals surface area contributed by atoms with Gasteiger partial charge in [0.05, 0.1) is 72.4 Å². The molecule has 0 spiro atoms. The third-order valence-corrected chi connectivity index (χ3v) is 15.0. The van der Waals surface area contributed by atoms with Gasteiger partial charge in [0.15, 0.2) is 5.75 Å². The Balaban J connectivity index is 0.691. The number of aromatic hydroxyl groups is 2. The van der Waals surface area contributed by atoms with Crippen LogP contribution in [-0.2, 0) is 28.6 Å². The van der Waals surface area contributed by atoms with Gasteiger partial charge in [0.2, 0.25) is 17.7 Å². The first-order valence-corrected chi connectivity index (χ1v) is 27.4. The van der Waals surface area contributed by atoms with E-state index in [4.69, 9.17) is 23.7 Å². The van der Waals surface area contributed by atoms with Gasteiger partial charge in [-0.05, 0) is 126 Å². The molecule has 0 bridgehead atoms. The Labute approximate surface area is 466 Å². The number of thiophene rings is 1. The summed E-state index contributed by atoms with van der Waals surface area (Å²) in [5, 5.41) is 41.3. The number of hydrazone groups is 1. The molecule has 20 heteroatoms. The average molecular weight is 1110 g/mol. The number of aryl methyl sites for hydroxylation is 1. The van der Waals surface area contributed by atoms with Crippen molar-refractivity contribution in [3.8, 4) is 49.6 Å². The van der Waals surface area contributed by atoms with Crippen LogP contribution in [0.4, 0.5) is 0 Å². The Morgan fingerprint density at radius 1 is 0.797 bits per heavy atom. The number of nitrogens with zero attached hydrogens (tertiary/aromatic N) is 3. The number of thiazole rings is 1. The molecule has 1 fully saturated rings. The van der Waals surface area contributed by atoms with Crippen LogP contribution in [0.25, 0.3) is 31.0 Å². The van der Waals surface area contributed by atoms with Gasteiger partial charge in [-0.15, -0.1) is 22.7 Å². The summed E-state index contributed by atoms with van der Waals surface area (Å²) in [7, 11) is 0. The van der Waals surface area contributed by atoms with Crippen molar-refractivity contribution in [1.29, 1.82) is 0 Å². The first-order chi connectivity index (χ1) is 38.0. The fraction of sp³-hybridized carbons (Fsp3) is 0.322. The van der Waals surface area contributed by atoms with Crippen LogP contribution in [0.3, 0.4) is 0 Å². The molecule has 4 atom stereocenters. The number of likely N-dealkylation sites (tertiary alicyclic amines) is 1. The summed E-state index contributed by atoms with van der Waals surface area (Å²) in [6.45, 7) is 10.5. The average Bonchev–Trinajstić information content (AvgIpc) is 4.29. The number of carbonyl (C=O) groups is 4. The molecule has 18 nitrogen and oxygen atoms in total. The first-order valence-electron chi connectivity index (χ1n) is 25.7. The summed E-state index contributed by atoms with van der Waals surface area (Å²) in [6, 6.07) is 31.3. The molecule has 1 aliphatic heterocycles. The molecular formula is C59H64N6O12S2. The lowest BCUT2D eigenvalue weighted by Crippen LogP contribution is -2.58. The number of hydrogen-bond donors (Lipinski definition) is 6. The maximum Gasteiger partial charge on any atom is 0.271 e. The minimum absolute atomic E-state index is 0.0362. The van der Waals surface area contributed by atoms with Gasteiger partial charge in [0.25, 0.3) is 5.91 Å². The number of ether oxygens (including phenoxy) is 5. The number of aliphatic hydroxyl groups is 1. The summed E-state index contributed by atoms with van der Waals surface area (Å²) in [4.78, 5) is 61.4. The van der Waals surface area contributed by atoms with E-state index in [9.17, 15) is 34.5 Å². The molecule has 4 unspecified atom stereocenters. The summed E-state index contributed by atoms with van der Waals surface area (Å²) in [5.74, 6) is 0.0896. The Bertz CT molecular complexity index is 3230. The molecular weight excluding hydrogens is 1050 g/mol. The van der Waals surface area contributed by atoms with Gasteiger partial charge in [-0.1, -0.05) is 51.1 Å². The lowest BCUT2D eigenvalue weighted by atomic mass is 9.85. The third-order valence-electron chi connectivity index (χ3n) is 12.9. The van der Waals surface area contributed by atoms with Crippen molar-refractivity contribution in [1.82, 2.24) is 25.9 Å². The molecule has 1 aliphatic rings. The number of aliphatic hydroxyl groups excluding tert-OH is 1. The molecule has 0 radical (unpaired) electrons. The summed E-state index contributed by atoms with van der Waals surface area (Å²) in [5.41, 5.74) is 8.41. The number of β-amino-alcohol motifs (C(OH)–C–C–N with tert-alkyl or cyclic N) is 1. The van der Waals surface area contributed by atoms with E-state index in [2.05, 4.69) is 26.1 Å². The molecule has 0 saturated carbocycles. The van der Waals surface area contributed by atoms with Gasteiger partial charge in [-0.25, -0.2) is 10.4 Å². The monoisotopic (exact) mass is 1110 g/mol. The van der Waals surface area contributed by atoms with Gasteiger partial charge in [0.1, 0.15) is 48.3 Å². The van der Waals surface area contributed by atoms with E-state index in [0.717, 1.165) is 47.8 Å². The second-order valence-electron chi connectivity index (χ2n) is 19.9. The predicted octanol–water partition coefficient (Wildman–Crippen LogP) is 8.77. The van der Waals surface area contributed by atoms with Crippen molar-refractivity contribution >= 4 is 62.6 Å². The lowest BCUT2D eigenvalue weighted by Gasteiger charge is -2.35. The fourth-order valence-electron chi connectivity index (χ4n) is 8.71. The van der Waals surface area contributed by atoms with Crippen LogP contribution in [0, 0.1) is 12.3 Å². The molecule has 3 heterocycles. The number of phenols is 2. The van der Waals surface area contributed by atoms with E-state index in [1.807, 2.05) is 64.4 Å². The molecule has 7 aromatic rings. The number of aromatic nitrogens is 1. The smallest absolute Gasteiger partial charge is 0.271 e. The van der Waals surface area contributed by atoms with Crippen LogP contribution in [0.5, 0.6) is 28.7 Å². The lowest BCUT2D eigenvalue weighted by molar-refractivity contribution is -0.144. The molecule has 4 amide bonds. The number of rotatable bonds is 24. The standard InChI is InChI=1S/C59H64N6O12S2/c1-36(39-11-13-40(14-12-39)53-37(2)60-35-78-53)62-57(71)49-30-45(68)33-65(49)58(72)55(59(3,4)5)63-51(69)34-75-26-25-73-23-24-74-27-28-76-46-20-9-38(10-21-46)32-61-64-56(70)42-7-6-8-47(29-42)77-52-48-22-19-44(67)31-50(48)79-54(52)41-15-17-43(66)18-16-41/h6-22,29,31-32,35-36,45,49,55,66-68H,23-28,30,33-34H2,1-5H3,(H,62,71)(H,63,69)(H,64,70). The van der Waals surface area contributed by atoms with Gasteiger partial charge in [0, 0.05) is 28.6 Å². The summed E-state index contributed by atoms with van der Waals surface area (Å²) < 4.78 is 29.7. The fourth-order valence-corrected chi connectivity index (χ4v) is 10.7. The highest BCUT2D eigenvalue weighted by Gasteiger charge is 2.44. The van der Waals surface area contributed by atoms with Crippen molar-refractivity contribution < 1.29 is 58.2 Å². The highest BCUT2D eigenvalue weighted by molar-refractivity contribution is 7.22. The largest absolute Gasteiger partial charge is 0.508 e. The second-order valence-corrected chi connectivity index (χ2v) is 21.8. The SMILES string of the molecule is Cc1ncsc1-c1ccc(C(C)NC(=O)C2CC(O)CN2C(=O)C(NC(=O)COCCOCCOCCOc2ccc(C=NNC(=O)c3cccc(Oc4c(-c5ccc(O)cc5)sc5cc(O)ccc45)c3)cc2)C(C)(C)C)cc1. The number of nitrogens with one attached hydrogen (secondary N) is 3. The van der Waals surface area contributed by atoms with E-state index < -0.39 is 41.3 Å². The first kappa shape index (κ1) is 57.5. The van der Waals surface area contributed by atoms with Crippen molar-refractivity contribution in [3.05, 3.63) is 143 Å². The van der Waals surface area contributed by atoms with Crippen LogP contribution in [0.1, 0.15) is 67.3 Å². The van der Waals surface area contributed by atoms with Crippen LogP contribution >= 0.6 is 22.7 Å². The molecule has 5 aromatic carbocycles. The van der Waals surface area contributed by atoms with E-state index in [1.165, 1.54) is 22.5 Å². The zero-order chi connectivity index (χ0) is 56.1. The molecule has 6 N–H and O–H groups in total. The molecule has 8 rings (SSSR count). The van der Waals surface area contributed by atoms with Crippen molar-refractivity contribution in [2.75, 3.05) is 52.8 Å². The molecule has 2 aromatic heterocycles. The quantitative estimate of drug-likeness (QED) is 0.0189. The Morgan fingerprint density at radius 2 is 1.47 bits per heavy atom. The number of fused-ring (bicyclic) bond motifs is 1. The molecule has 1 saturated heterocycles. The van der Waals surface area contributed by atoms with Gasteiger partial charge in [-0.2, -0.15) is 5.10 Å². The zero-order valence-corrected chi connectivity index (χ0v) is 46.1. The van der Waals surface area contributed by atoms with Crippen LogP contribution in [0.2, 0.25) is 0 Å². The molecule has 0 aliphatic carbocycles. The summed E-state index contributed by atoms with van der Waals surface area (Å²) >= 11 is 3.01. The minimum Gasteiger partial charge on any atom is -0.508 e. The van der Waals surface area contributed by atoms with Gasteiger partial charge >= 0.3 is 0 Å². The minimum atomic E-state index is -0.991. The van der Waals surface area contributed by atoms with Gasteiger partial charge in [-0.3, -0.25) is 19.2 Å². The summed E-state index contributed by atoms with van der Waals surface area (Å²) in [6.07, 6.45) is 0.699. The van der Waals surface area contributed by atoms with Crippen LogP contribution in [0.15, 0.2) is 126 Å². The number of phenolic OH excluding ortho intramolecular Hbond substituents is 2. The topological polar surface area (TPSA) is 240 Å². The zero-order valence-electron chi connectivity index (χ0n) is 44.5. The third kappa shape index (κ3) is 15.5. The van der Waals surface area contributed by atoms with Crippen molar-refractivity contribution in [2.45, 2.75) is 65.3 Å². The number of amides is 4. The number of carbonyl (C=O) groups excluding carboxylic acids is 4. The van der Waals surface area contributed by atoms with E-state index in [-0.39, 0.29) is 62.8 Å². The predicted molar refractivity (Wildman–Crippen MR) is 303 cm³/mol.